The van der Waals surface area contributed by atoms with E-state index in [4.69, 9.17) is 20.9 Å². The molecule has 0 saturated carbocycles. The Kier molecular flexibility index (Phi) is 4.69. The summed E-state index contributed by atoms with van der Waals surface area (Å²) in [4.78, 5) is 0. The molecule has 120 valence electrons. The summed E-state index contributed by atoms with van der Waals surface area (Å²) in [7, 11) is -0.807. The summed E-state index contributed by atoms with van der Waals surface area (Å²) in [5, 5.41) is 8.96. The van der Waals surface area contributed by atoms with Gasteiger partial charge in [0.25, 0.3) is 0 Å². The molecule has 0 aliphatic carbocycles. The molecule has 0 spiro atoms. The third kappa shape index (κ3) is 3.06. The van der Waals surface area contributed by atoms with Gasteiger partial charge in [-0.1, -0.05) is 17.7 Å². The summed E-state index contributed by atoms with van der Waals surface area (Å²) in [6.45, 7) is 7.11. The molecule has 0 aromatic heterocycles. The molecule has 1 aliphatic rings. The van der Waals surface area contributed by atoms with Gasteiger partial charge in [-0.3, -0.25) is 0 Å². The van der Waals surface area contributed by atoms with E-state index in [-0.39, 0.29) is 12.2 Å². The molecule has 3 nitrogen and oxygen atoms in total. The Hall–Kier alpha value is -0.945. The zero-order chi connectivity index (χ0) is 16.7. The number of aliphatic hydroxyl groups is 1. The van der Waals surface area contributed by atoms with Crippen molar-refractivity contribution in [2.45, 2.75) is 38.9 Å². The van der Waals surface area contributed by atoms with Crippen LogP contribution in [0.25, 0.3) is 6.08 Å². The minimum atomic E-state index is -0.885. The molecule has 0 radical (unpaired) electrons. The third-order valence-electron chi connectivity index (χ3n) is 4.14. The van der Waals surface area contributed by atoms with Crippen LogP contribution in [0.3, 0.4) is 0 Å². The van der Waals surface area contributed by atoms with Gasteiger partial charge in [-0.15, -0.1) is 0 Å². The van der Waals surface area contributed by atoms with Gasteiger partial charge in [0.2, 0.25) is 0 Å². The van der Waals surface area contributed by atoms with Crippen molar-refractivity contribution in [2.24, 2.45) is 0 Å². The molecule has 1 heterocycles. The second-order valence-electron chi connectivity index (χ2n) is 6.23. The first-order valence-electron chi connectivity index (χ1n) is 6.89. The first-order valence-corrected chi connectivity index (χ1v) is 7.27. The second kappa shape index (κ2) is 5.93. The molecule has 1 saturated heterocycles. The van der Waals surface area contributed by atoms with E-state index >= 15 is 0 Å². The van der Waals surface area contributed by atoms with Crippen LogP contribution in [0.5, 0.6) is 0 Å². The van der Waals surface area contributed by atoms with Crippen molar-refractivity contribution in [1.29, 1.82) is 0 Å². The zero-order valence-electron chi connectivity index (χ0n) is 12.9. The van der Waals surface area contributed by atoms with Gasteiger partial charge < -0.3 is 14.4 Å². The van der Waals surface area contributed by atoms with E-state index in [0.717, 1.165) is 6.07 Å². The van der Waals surface area contributed by atoms with E-state index < -0.39 is 35.0 Å². The van der Waals surface area contributed by atoms with Gasteiger partial charge in [0.1, 0.15) is 10.8 Å². The van der Waals surface area contributed by atoms with Gasteiger partial charge in [-0.25, -0.2) is 8.78 Å². The van der Waals surface area contributed by atoms with Crippen LogP contribution >= 0.6 is 11.6 Å². The van der Waals surface area contributed by atoms with Crippen molar-refractivity contribution in [3.63, 3.8) is 0 Å². The Morgan fingerprint density at radius 3 is 2.27 bits per heavy atom. The number of aliphatic hydroxyl groups excluding tert-OH is 1. The lowest BCUT2D eigenvalue weighted by molar-refractivity contribution is 0.00578. The summed E-state index contributed by atoms with van der Waals surface area (Å²) in [5.74, 6) is -1.72. The number of benzene rings is 1. The lowest BCUT2D eigenvalue weighted by Crippen LogP contribution is -2.41. The highest BCUT2D eigenvalue weighted by Gasteiger charge is 2.52. The number of rotatable bonds is 3. The average molecular weight is 331 g/mol. The average Bonchev–Trinajstić information content (AvgIpc) is 2.64. The summed E-state index contributed by atoms with van der Waals surface area (Å²) in [5.41, 5.74) is -0.763. The molecule has 0 atom stereocenters. The van der Waals surface area contributed by atoms with Crippen LogP contribution < -0.4 is 0 Å². The maximum absolute atomic E-state index is 14.0. The number of halogens is 3. The van der Waals surface area contributed by atoms with E-state index in [9.17, 15) is 13.9 Å². The molecule has 22 heavy (non-hydrogen) atoms. The fourth-order valence-corrected chi connectivity index (χ4v) is 2.21. The summed E-state index contributed by atoms with van der Waals surface area (Å²) >= 11 is 5.56. The predicted octanol–water partition coefficient (Wildman–Crippen LogP) is 3.63. The van der Waals surface area contributed by atoms with Crippen molar-refractivity contribution >= 4 is 24.8 Å². The fraction of sp³-hybridized carbons (Fsp3) is 0.467. The Bertz CT molecular complexity index is 601. The molecule has 1 aliphatic heterocycles. The molecular weight excluding hydrogens is 312 g/mol. The summed E-state index contributed by atoms with van der Waals surface area (Å²) < 4.78 is 38.8. The SMILES string of the molecule is CC1(C)OB(C(=Cc2ccc(F)c(Cl)c2F)CO)OC1(C)C. The molecule has 1 aromatic rings. The smallest absolute Gasteiger partial charge is 0.400 e. The highest BCUT2D eigenvalue weighted by Crippen LogP contribution is 2.39. The Balaban J connectivity index is 2.36. The van der Waals surface area contributed by atoms with E-state index in [1.165, 1.54) is 12.1 Å². The van der Waals surface area contributed by atoms with Crippen molar-refractivity contribution in [2.75, 3.05) is 6.61 Å². The van der Waals surface area contributed by atoms with Crippen LogP contribution in [0, 0.1) is 11.6 Å². The summed E-state index contributed by atoms with van der Waals surface area (Å²) in [6.07, 6.45) is 1.36. The Labute approximate surface area is 134 Å². The third-order valence-corrected chi connectivity index (χ3v) is 4.49. The fourth-order valence-electron chi connectivity index (χ4n) is 2.03. The maximum atomic E-state index is 14.0. The minimum absolute atomic E-state index is 0.0603. The van der Waals surface area contributed by atoms with Crippen molar-refractivity contribution in [3.05, 3.63) is 39.8 Å². The van der Waals surface area contributed by atoms with Crippen LogP contribution in [0.2, 0.25) is 5.02 Å². The van der Waals surface area contributed by atoms with Crippen LogP contribution in [-0.2, 0) is 9.31 Å². The van der Waals surface area contributed by atoms with Crippen LogP contribution in [0.15, 0.2) is 17.6 Å². The monoisotopic (exact) mass is 330 g/mol. The van der Waals surface area contributed by atoms with Gasteiger partial charge in [0.05, 0.1) is 17.8 Å². The number of hydrogen-bond donors (Lipinski definition) is 1. The molecule has 2 rings (SSSR count). The molecule has 0 bridgehead atoms. The van der Waals surface area contributed by atoms with Crippen LogP contribution in [0.4, 0.5) is 8.78 Å². The van der Waals surface area contributed by atoms with E-state index in [1.54, 1.807) is 0 Å². The molecule has 0 unspecified atom stereocenters. The minimum Gasteiger partial charge on any atom is -0.400 e. The quantitative estimate of drug-likeness (QED) is 0.679. The van der Waals surface area contributed by atoms with Crippen LogP contribution in [0.1, 0.15) is 33.3 Å². The highest BCUT2D eigenvalue weighted by molar-refractivity contribution is 6.55. The maximum Gasteiger partial charge on any atom is 0.492 e. The normalized spacial score (nSPS) is 20.5. The van der Waals surface area contributed by atoms with Crippen molar-refractivity contribution in [1.82, 2.24) is 0 Å². The predicted molar refractivity (Wildman–Crippen MR) is 82.5 cm³/mol. The molecule has 0 amide bonds. The van der Waals surface area contributed by atoms with Gasteiger partial charge in [-0.2, -0.15) is 0 Å². The molecule has 7 heteroatoms. The van der Waals surface area contributed by atoms with E-state index in [0.29, 0.717) is 5.47 Å². The standard InChI is InChI=1S/C15H18BClF2O3/c1-14(2)15(3,4)22-16(21-14)10(8-20)7-9-5-6-11(18)12(17)13(9)19/h5-7,20H,8H2,1-4H3. The van der Waals surface area contributed by atoms with Gasteiger partial charge in [-0.05, 0) is 45.3 Å². The number of hydrogen-bond acceptors (Lipinski definition) is 3. The molecular formula is C15H18BClF2O3. The zero-order valence-corrected chi connectivity index (χ0v) is 13.7. The van der Waals surface area contributed by atoms with Gasteiger partial charge >= 0.3 is 7.12 Å². The highest BCUT2D eigenvalue weighted by atomic mass is 35.5. The van der Waals surface area contributed by atoms with Crippen molar-refractivity contribution in [3.8, 4) is 0 Å². The first kappa shape index (κ1) is 17.4. The van der Waals surface area contributed by atoms with Gasteiger partial charge in [0.15, 0.2) is 5.82 Å². The Morgan fingerprint density at radius 2 is 1.77 bits per heavy atom. The molecule has 1 fully saturated rings. The molecule has 1 aromatic carbocycles. The van der Waals surface area contributed by atoms with E-state index in [2.05, 4.69) is 0 Å². The van der Waals surface area contributed by atoms with E-state index in [1.807, 2.05) is 27.7 Å². The lowest BCUT2D eigenvalue weighted by Gasteiger charge is -2.32. The van der Waals surface area contributed by atoms with Crippen molar-refractivity contribution < 1.29 is 23.2 Å². The topological polar surface area (TPSA) is 38.7 Å². The summed E-state index contributed by atoms with van der Waals surface area (Å²) in [6, 6.07) is 2.31. The Morgan fingerprint density at radius 1 is 1.23 bits per heavy atom. The lowest BCUT2D eigenvalue weighted by atomic mass is 9.77. The molecule has 1 N–H and O–H groups in total. The first-order chi connectivity index (χ1) is 10.1. The largest absolute Gasteiger partial charge is 0.492 e. The van der Waals surface area contributed by atoms with Crippen LogP contribution in [-0.4, -0.2) is 30.0 Å². The second-order valence-corrected chi connectivity index (χ2v) is 6.61. The van der Waals surface area contributed by atoms with Gasteiger partial charge in [0, 0.05) is 5.56 Å².